The number of ether oxygens (including phenoxy) is 1. The van der Waals surface area contributed by atoms with Crippen LogP contribution in [-0.2, 0) is 16.0 Å². The Kier molecular flexibility index (Phi) is 6.26. The first-order valence-corrected chi connectivity index (χ1v) is 8.39. The zero-order valence-corrected chi connectivity index (χ0v) is 14.3. The van der Waals surface area contributed by atoms with E-state index in [9.17, 15) is 19.8 Å². The molecule has 0 aliphatic carbocycles. The van der Waals surface area contributed by atoms with Crippen LogP contribution in [-0.4, -0.2) is 28.1 Å². The van der Waals surface area contributed by atoms with Crippen molar-refractivity contribution in [3.05, 3.63) is 34.4 Å². The topological polar surface area (TPSA) is 83.8 Å². The number of cyclic esters (lactones) is 1. The average Bonchev–Trinajstić information content (AvgIpc) is 2.50. The SMILES string of the molecule is C[C@@H]1C/C=C\CCCCC(=O)Cc2c(Cl)c(O)cc(O)c2C(=O)O1. The molecule has 0 fully saturated rings. The summed E-state index contributed by atoms with van der Waals surface area (Å²) in [4.78, 5) is 24.6. The minimum Gasteiger partial charge on any atom is -0.507 e. The van der Waals surface area contributed by atoms with E-state index in [1.165, 1.54) is 0 Å². The number of fused-ring (bicyclic) bond motifs is 1. The highest BCUT2D eigenvalue weighted by atomic mass is 35.5. The predicted molar refractivity (Wildman–Crippen MR) is 90.6 cm³/mol. The number of hydrogen-bond acceptors (Lipinski definition) is 5. The predicted octanol–water partition coefficient (Wildman–Crippen LogP) is 3.93. The van der Waals surface area contributed by atoms with Gasteiger partial charge in [0.25, 0.3) is 0 Å². The Morgan fingerprint density at radius 3 is 2.67 bits per heavy atom. The van der Waals surface area contributed by atoms with Gasteiger partial charge in [-0.3, -0.25) is 4.79 Å². The van der Waals surface area contributed by atoms with Gasteiger partial charge >= 0.3 is 5.97 Å². The van der Waals surface area contributed by atoms with E-state index in [-0.39, 0.29) is 40.2 Å². The van der Waals surface area contributed by atoms with Gasteiger partial charge in [0.15, 0.2) is 0 Å². The molecular formula is C18H21ClO5. The number of benzene rings is 1. The van der Waals surface area contributed by atoms with Crippen LogP contribution in [0.15, 0.2) is 18.2 Å². The summed E-state index contributed by atoms with van der Waals surface area (Å²) in [6.45, 7) is 1.75. The van der Waals surface area contributed by atoms with Gasteiger partial charge in [-0.1, -0.05) is 23.8 Å². The number of esters is 1. The number of hydrogen-bond donors (Lipinski definition) is 2. The highest BCUT2D eigenvalue weighted by molar-refractivity contribution is 6.33. The quantitative estimate of drug-likeness (QED) is 0.546. The molecule has 2 N–H and O–H groups in total. The minimum absolute atomic E-state index is 0.104. The Hall–Kier alpha value is -2.01. The first-order valence-electron chi connectivity index (χ1n) is 8.01. The van der Waals surface area contributed by atoms with Crippen molar-refractivity contribution in [1.29, 1.82) is 0 Å². The number of carbonyl (C=O) groups excluding carboxylic acids is 2. The molecule has 0 saturated carbocycles. The Morgan fingerprint density at radius 1 is 1.17 bits per heavy atom. The molecule has 0 saturated heterocycles. The van der Waals surface area contributed by atoms with Crippen LogP contribution in [0.1, 0.15) is 54.9 Å². The monoisotopic (exact) mass is 352 g/mol. The molecule has 1 heterocycles. The van der Waals surface area contributed by atoms with Crippen LogP contribution in [0.4, 0.5) is 0 Å². The third-order valence-corrected chi connectivity index (χ3v) is 4.34. The van der Waals surface area contributed by atoms with E-state index in [0.29, 0.717) is 12.8 Å². The van der Waals surface area contributed by atoms with Gasteiger partial charge in [0.05, 0.1) is 5.02 Å². The van der Waals surface area contributed by atoms with Crippen LogP contribution < -0.4 is 0 Å². The molecule has 0 bridgehead atoms. The Balaban J connectivity index is 2.43. The Bertz CT molecular complexity index is 666. The molecule has 0 amide bonds. The fraction of sp³-hybridized carbons (Fsp3) is 0.444. The van der Waals surface area contributed by atoms with Crippen molar-refractivity contribution < 1.29 is 24.5 Å². The number of halogens is 1. The highest BCUT2D eigenvalue weighted by Gasteiger charge is 2.26. The molecule has 1 atom stereocenters. The van der Waals surface area contributed by atoms with Crippen LogP contribution >= 0.6 is 11.6 Å². The number of carbonyl (C=O) groups is 2. The number of phenolic OH excluding ortho intramolecular Hbond substituents is 2. The maximum Gasteiger partial charge on any atom is 0.342 e. The van der Waals surface area contributed by atoms with Gasteiger partial charge in [0.1, 0.15) is 28.9 Å². The maximum absolute atomic E-state index is 12.4. The van der Waals surface area contributed by atoms with Crippen molar-refractivity contribution in [3.63, 3.8) is 0 Å². The number of ketones is 1. The van der Waals surface area contributed by atoms with Gasteiger partial charge in [-0.25, -0.2) is 4.79 Å². The molecule has 130 valence electrons. The summed E-state index contributed by atoms with van der Waals surface area (Å²) < 4.78 is 5.33. The van der Waals surface area contributed by atoms with E-state index in [4.69, 9.17) is 16.3 Å². The van der Waals surface area contributed by atoms with Gasteiger partial charge in [-0.05, 0) is 26.2 Å². The molecule has 2 rings (SSSR count). The van der Waals surface area contributed by atoms with Crippen molar-refractivity contribution in [1.82, 2.24) is 0 Å². The number of phenols is 2. The van der Waals surface area contributed by atoms with E-state index in [2.05, 4.69) is 0 Å². The van der Waals surface area contributed by atoms with E-state index >= 15 is 0 Å². The smallest absolute Gasteiger partial charge is 0.342 e. The molecule has 24 heavy (non-hydrogen) atoms. The van der Waals surface area contributed by atoms with Gasteiger partial charge in [0, 0.05) is 30.9 Å². The van der Waals surface area contributed by atoms with Crippen LogP contribution in [0.25, 0.3) is 0 Å². The third kappa shape index (κ3) is 4.51. The zero-order chi connectivity index (χ0) is 17.7. The highest BCUT2D eigenvalue weighted by Crippen LogP contribution is 2.37. The lowest BCUT2D eigenvalue weighted by Crippen LogP contribution is -2.18. The van der Waals surface area contributed by atoms with Crippen molar-refractivity contribution in [2.24, 2.45) is 0 Å². The lowest BCUT2D eigenvalue weighted by Gasteiger charge is -2.17. The molecule has 0 spiro atoms. The standard InChI is InChI=1S/C18H21ClO5/c1-11-7-5-3-2-4-6-8-12(20)9-13-16(18(23)24-11)14(21)10-15(22)17(13)19/h3,5,10-11,21-22H,2,4,6-9H2,1H3/b5-3-/t11-/m1/s1. The molecule has 5 nitrogen and oxygen atoms in total. The van der Waals surface area contributed by atoms with Crippen molar-refractivity contribution in [2.45, 2.75) is 51.6 Å². The molecule has 1 aromatic rings. The Morgan fingerprint density at radius 2 is 1.92 bits per heavy atom. The summed E-state index contributed by atoms with van der Waals surface area (Å²) in [5.41, 5.74) is -0.0389. The first kappa shape index (κ1) is 18.3. The lowest BCUT2D eigenvalue weighted by atomic mass is 9.98. The molecule has 0 radical (unpaired) electrons. The summed E-state index contributed by atoms with van der Waals surface area (Å²) in [7, 11) is 0. The maximum atomic E-state index is 12.4. The molecule has 1 aliphatic rings. The molecule has 1 aliphatic heterocycles. The Labute approximate surface area is 145 Å². The number of allylic oxidation sites excluding steroid dienone is 1. The summed E-state index contributed by atoms with van der Waals surface area (Å²) in [6, 6.07) is 0.987. The second-order valence-electron chi connectivity index (χ2n) is 5.97. The summed E-state index contributed by atoms with van der Waals surface area (Å²) in [5, 5.41) is 19.7. The van der Waals surface area contributed by atoms with Crippen LogP contribution in [0, 0.1) is 0 Å². The van der Waals surface area contributed by atoms with Crippen LogP contribution in [0.5, 0.6) is 11.5 Å². The molecule has 0 unspecified atom stereocenters. The lowest BCUT2D eigenvalue weighted by molar-refractivity contribution is -0.118. The summed E-state index contributed by atoms with van der Waals surface area (Å²) in [5.74, 6) is -1.68. The number of aromatic hydroxyl groups is 2. The first-order chi connectivity index (χ1) is 11.4. The molecular weight excluding hydrogens is 332 g/mol. The third-order valence-electron chi connectivity index (χ3n) is 3.92. The normalized spacial score (nSPS) is 21.5. The summed E-state index contributed by atoms with van der Waals surface area (Å²) in [6.07, 6.45) is 6.85. The minimum atomic E-state index is -0.754. The van der Waals surface area contributed by atoms with Gasteiger partial charge in [-0.15, -0.1) is 0 Å². The zero-order valence-electron chi connectivity index (χ0n) is 13.5. The summed E-state index contributed by atoms with van der Waals surface area (Å²) >= 11 is 6.07. The van der Waals surface area contributed by atoms with Crippen molar-refractivity contribution in [2.75, 3.05) is 0 Å². The fourth-order valence-corrected chi connectivity index (χ4v) is 2.86. The average molecular weight is 353 g/mol. The van der Waals surface area contributed by atoms with E-state index in [1.54, 1.807) is 6.92 Å². The van der Waals surface area contributed by atoms with E-state index in [0.717, 1.165) is 25.3 Å². The van der Waals surface area contributed by atoms with Crippen molar-refractivity contribution in [3.8, 4) is 11.5 Å². The molecule has 6 heteroatoms. The second kappa shape index (κ2) is 8.20. The van der Waals surface area contributed by atoms with E-state index in [1.807, 2.05) is 12.2 Å². The van der Waals surface area contributed by atoms with E-state index < -0.39 is 11.7 Å². The van der Waals surface area contributed by atoms with Gasteiger partial charge in [-0.2, -0.15) is 0 Å². The van der Waals surface area contributed by atoms with Crippen LogP contribution in [0.2, 0.25) is 5.02 Å². The number of Topliss-reactive ketones (excluding diaryl/α,β-unsaturated/α-hetero) is 1. The van der Waals surface area contributed by atoms with Gasteiger partial charge in [0.2, 0.25) is 0 Å². The fourth-order valence-electron chi connectivity index (χ4n) is 2.64. The van der Waals surface area contributed by atoms with Crippen molar-refractivity contribution >= 4 is 23.4 Å². The molecule has 1 aromatic carbocycles. The largest absolute Gasteiger partial charge is 0.507 e. The van der Waals surface area contributed by atoms with Gasteiger partial charge < -0.3 is 14.9 Å². The molecule has 0 aromatic heterocycles. The second-order valence-corrected chi connectivity index (χ2v) is 6.34. The van der Waals surface area contributed by atoms with Crippen LogP contribution in [0.3, 0.4) is 0 Å². The number of rotatable bonds is 0.